The fourth-order valence-electron chi connectivity index (χ4n) is 1.21. The maximum Gasteiger partial charge on any atom is 1.00 e. The van der Waals surface area contributed by atoms with Crippen LogP contribution < -0.4 is 116 Å². The Hall–Kier alpha value is 3.21. The van der Waals surface area contributed by atoms with Gasteiger partial charge in [-0.2, -0.15) is 0 Å². The molecule has 0 saturated carbocycles. The summed E-state index contributed by atoms with van der Waals surface area (Å²) in [7, 11) is 0. The summed E-state index contributed by atoms with van der Waals surface area (Å²) in [5.41, 5.74) is 10.3. The van der Waals surface area contributed by atoms with E-state index in [9.17, 15) is 0 Å². The number of nitrogens with zero attached hydrogens (tertiary/aromatic N) is 1. The minimum Gasteiger partial charge on any atom is -0.412 e. The fourth-order valence-corrected chi connectivity index (χ4v) is 1.98. The van der Waals surface area contributed by atoms with Crippen molar-refractivity contribution in [3.63, 3.8) is 0 Å². The molecule has 0 atom stereocenters. The van der Waals surface area contributed by atoms with E-state index in [1.807, 2.05) is 4.90 Å². The molecule has 0 spiro atoms. The number of hydrogen-bond acceptors (Lipinski definition) is 9. The molecule has 0 bridgehead atoms. The van der Waals surface area contributed by atoms with E-state index >= 15 is 0 Å². The van der Waals surface area contributed by atoms with Crippen LogP contribution in [0.25, 0.3) is 0 Å². The van der Waals surface area contributed by atoms with Crippen LogP contribution in [0.3, 0.4) is 0 Å². The molecular weight excluding hydrogens is 478 g/mol. The van der Waals surface area contributed by atoms with Gasteiger partial charge in [0.25, 0.3) is 0 Å². The van der Waals surface area contributed by atoms with Crippen LogP contribution in [0.5, 0.6) is 0 Å². The van der Waals surface area contributed by atoms with E-state index < -0.39 is 0 Å². The van der Waals surface area contributed by atoms with E-state index in [1.165, 1.54) is 0 Å². The molecule has 0 radical (unpaired) electrons. The van der Waals surface area contributed by atoms with Crippen molar-refractivity contribution in [3.8, 4) is 0 Å². The van der Waals surface area contributed by atoms with E-state index in [1.54, 1.807) is 0 Å². The second-order valence-electron chi connectivity index (χ2n) is 4.01. The Kier molecular flexibility index (Phi) is 46.4. The van der Waals surface area contributed by atoms with Crippen LogP contribution in [0.1, 0.15) is 0 Å². The number of thiocarbonyl (C=S) groups is 3. The monoisotopic (exact) mass is 500 g/mol. The normalized spacial score (nSPS) is 8.23. The average molecular weight is 501 g/mol. The second-order valence-corrected chi connectivity index (χ2v) is 7.19. The van der Waals surface area contributed by atoms with Crippen LogP contribution in [0.4, 0.5) is 0 Å². The Morgan fingerprint density at radius 3 is 1.31 bits per heavy atom. The summed E-state index contributed by atoms with van der Waals surface area (Å²) in [6.07, 6.45) is 0. The number of nitrogens with one attached hydrogen (secondary N) is 3. The SMILES string of the molecule is NCCNCCN.S=C([S-])NCCN(CCNC(=S)[S-])C(=S)[S-].[Na+].[Na+].[Na+]. The summed E-state index contributed by atoms with van der Waals surface area (Å²) < 4.78 is 1.11. The Morgan fingerprint density at radius 1 is 0.731 bits per heavy atom. The molecule has 0 amide bonds. The molecule has 6 nitrogen and oxygen atoms in total. The van der Waals surface area contributed by atoms with Crippen molar-refractivity contribution >= 4 is 87.5 Å². The molecule has 0 aromatic heterocycles. The molecule has 7 N–H and O–H groups in total. The van der Waals surface area contributed by atoms with Crippen LogP contribution in [0.15, 0.2) is 0 Å². The maximum atomic E-state index is 5.17. The zero-order valence-corrected chi connectivity index (χ0v) is 26.6. The second kappa shape index (κ2) is 30.4. The molecule has 0 aliphatic heterocycles. The van der Waals surface area contributed by atoms with Gasteiger partial charge in [-0.1, -0.05) is 13.0 Å². The van der Waals surface area contributed by atoms with Gasteiger partial charge in [0.1, 0.15) is 0 Å². The van der Waals surface area contributed by atoms with E-state index in [0.717, 1.165) is 13.1 Å². The van der Waals surface area contributed by atoms with Gasteiger partial charge in [0.05, 0.1) is 0 Å². The van der Waals surface area contributed by atoms with Crippen LogP contribution in [0, 0.1) is 0 Å². The molecule has 0 aliphatic carbocycles. The Labute approximate surface area is 256 Å². The van der Waals surface area contributed by atoms with Gasteiger partial charge in [-0.3, -0.25) is 0 Å². The molecule has 0 fully saturated rings. The summed E-state index contributed by atoms with van der Waals surface area (Å²) in [6, 6.07) is 0. The molecule has 0 heterocycles. The Bertz CT molecular complexity index is 332. The van der Waals surface area contributed by atoms with Crippen LogP contribution in [-0.4, -0.2) is 70.2 Å². The average Bonchev–Trinajstić information content (AvgIpc) is 2.46. The van der Waals surface area contributed by atoms with Gasteiger partial charge in [-0.05, 0) is 0 Å². The number of hydrogen-bond donors (Lipinski definition) is 5. The molecule has 0 aliphatic rings. The summed E-state index contributed by atoms with van der Waals surface area (Å²) in [6.45, 7) is 5.69. The molecule has 0 aromatic rings. The fraction of sp³-hybridized carbons (Fsp3) is 0.727. The van der Waals surface area contributed by atoms with Crippen molar-refractivity contribution in [2.45, 2.75) is 0 Å². The third kappa shape index (κ3) is 34.7. The standard InChI is InChI=1S/C7H13N3S6.C4H13N3.3Na/c11-5(12)8-1-3-10(7(15)16)4-2-9-6(13)14;5-1-3-7-4-2-6;;;/h1-4H2,(H,15,16)(H2,8,11,12)(H2,9,13,14);7H,1-6H2;;;/q;;3*+1/p-3. The van der Waals surface area contributed by atoms with Crippen molar-refractivity contribution in [2.24, 2.45) is 11.5 Å². The van der Waals surface area contributed by atoms with Gasteiger partial charge in [0, 0.05) is 52.4 Å². The van der Waals surface area contributed by atoms with Gasteiger partial charge in [-0.25, -0.2) is 0 Å². The smallest absolute Gasteiger partial charge is 0.412 e. The van der Waals surface area contributed by atoms with Crippen LogP contribution in [0.2, 0.25) is 0 Å². The largest absolute Gasteiger partial charge is 1.00 e. The first-order valence-corrected chi connectivity index (χ1v) is 9.26. The summed E-state index contributed by atoms with van der Waals surface area (Å²) in [5.74, 6) is 0. The Balaban J connectivity index is -0.000000127. The summed E-state index contributed by atoms with van der Waals surface area (Å²) in [5, 5.41) is 8.76. The van der Waals surface area contributed by atoms with E-state index in [0.29, 0.717) is 52.2 Å². The molecule has 0 unspecified atom stereocenters. The predicted molar refractivity (Wildman–Crippen MR) is 118 cm³/mol. The topological polar surface area (TPSA) is 91.4 Å². The van der Waals surface area contributed by atoms with Gasteiger partial charge < -0.3 is 107 Å². The molecule has 0 rings (SSSR count). The molecule has 15 heteroatoms. The quantitative estimate of drug-likeness (QED) is 0.0854. The molecular formula is C11H23N6Na3S6. The molecule has 26 heavy (non-hydrogen) atoms. The Morgan fingerprint density at radius 2 is 1.08 bits per heavy atom. The molecule has 0 aromatic carbocycles. The molecule has 0 saturated heterocycles. The van der Waals surface area contributed by atoms with Gasteiger partial charge in [0.2, 0.25) is 0 Å². The van der Waals surface area contributed by atoms with E-state index in [2.05, 4.69) is 16.0 Å². The number of rotatable bonds is 10. The zero-order valence-electron chi connectivity index (χ0n) is 15.7. The van der Waals surface area contributed by atoms with Crippen LogP contribution >= 0.6 is 36.7 Å². The zero-order chi connectivity index (χ0) is 18.1. The van der Waals surface area contributed by atoms with Crippen LogP contribution in [-0.2, 0) is 37.9 Å². The van der Waals surface area contributed by atoms with Gasteiger partial charge in [-0.15, -0.1) is 0 Å². The van der Waals surface area contributed by atoms with Crippen molar-refractivity contribution in [3.05, 3.63) is 0 Å². The van der Waals surface area contributed by atoms with Crippen molar-refractivity contribution in [2.75, 3.05) is 52.4 Å². The number of nitrogens with two attached hydrogens (primary N) is 2. The van der Waals surface area contributed by atoms with E-state index in [4.69, 9.17) is 86.0 Å². The van der Waals surface area contributed by atoms with E-state index in [-0.39, 0.29) is 88.7 Å². The minimum atomic E-state index is 0. The third-order valence-corrected chi connectivity index (χ3v) is 3.30. The van der Waals surface area contributed by atoms with Crippen molar-refractivity contribution in [1.29, 1.82) is 0 Å². The molecule has 136 valence electrons. The predicted octanol–water partition coefficient (Wildman–Crippen LogP) is -10.5. The summed E-state index contributed by atoms with van der Waals surface area (Å²) in [4.78, 5) is 1.85. The first kappa shape index (κ1) is 39.7. The van der Waals surface area contributed by atoms with Gasteiger partial charge >= 0.3 is 88.7 Å². The van der Waals surface area contributed by atoms with Gasteiger partial charge in [0.15, 0.2) is 0 Å². The minimum absolute atomic E-state index is 0. The summed E-state index contributed by atoms with van der Waals surface area (Å²) >= 11 is 28.8. The van der Waals surface area contributed by atoms with Crippen molar-refractivity contribution in [1.82, 2.24) is 20.9 Å². The first-order valence-electron chi connectivity index (χ1n) is 6.81. The maximum absolute atomic E-state index is 5.17. The third-order valence-electron chi connectivity index (χ3n) is 2.20. The first-order chi connectivity index (χ1) is 10.8. The van der Waals surface area contributed by atoms with Crippen molar-refractivity contribution < 1.29 is 88.7 Å².